The normalized spacial score (nSPS) is 11.7. The number of nitro groups is 1. The molecule has 102 valence electrons. The third-order valence-electron chi connectivity index (χ3n) is 2.45. The van der Waals surface area contributed by atoms with Crippen LogP contribution in [0, 0.1) is 17.0 Å². The highest BCUT2D eigenvalue weighted by Gasteiger charge is 2.21. The molecule has 0 spiro atoms. The molecule has 1 heterocycles. The van der Waals surface area contributed by atoms with E-state index in [1.54, 1.807) is 6.92 Å². The van der Waals surface area contributed by atoms with E-state index in [1.807, 2.05) is 0 Å². The second-order valence-electron chi connectivity index (χ2n) is 3.75. The van der Waals surface area contributed by atoms with Crippen LogP contribution in [0.3, 0.4) is 0 Å². The van der Waals surface area contributed by atoms with Gasteiger partial charge in [0.1, 0.15) is 18.1 Å². The summed E-state index contributed by atoms with van der Waals surface area (Å²) < 4.78 is 0.372. The molecule has 0 saturated carbocycles. The lowest BCUT2D eigenvalue weighted by molar-refractivity contribution is -0.385. The van der Waals surface area contributed by atoms with Gasteiger partial charge in [0.2, 0.25) is 0 Å². The number of carbonyl (C=O) groups is 1. The van der Waals surface area contributed by atoms with Crippen molar-refractivity contribution in [3.8, 4) is 0 Å². The fraction of sp³-hybridized carbons (Fsp3) is 0.273. The van der Waals surface area contributed by atoms with Gasteiger partial charge in [-0.3, -0.25) is 10.1 Å². The van der Waals surface area contributed by atoms with Crippen molar-refractivity contribution in [3.63, 3.8) is 0 Å². The van der Waals surface area contributed by atoms with Crippen LogP contribution in [-0.2, 0) is 4.79 Å². The van der Waals surface area contributed by atoms with Gasteiger partial charge in [0.25, 0.3) is 5.69 Å². The summed E-state index contributed by atoms with van der Waals surface area (Å²) in [5.41, 5.74) is 0.248. The Kier molecular flexibility index (Phi) is 4.99. The molecule has 0 aliphatic heterocycles. The minimum atomic E-state index is -1.05. The molecule has 0 amide bonds. The summed E-state index contributed by atoms with van der Waals surface area (Å²) in [7, 11) is 0. The minimum Gasteiger partial charge on any atom is -0.480 e. The molecule has 7 nitrogen and oxygen atoms in total. The molecule has 0 saturated heterocycles. The number of rotatable bonds is 6. The fourth-order valence-electron chi connectivity index (χ4n) is 1.41. The molecule has 1 aromatic heterocycles. The molecule has 0 aliphatic rings. The Bertz CT molecular complexity index is 533. The molecule has 0 aliphatic carbocycles. The monoisotopic (exact) mass is 329 g/mol. The number of hydrogen-bond acceptors (Lipinski definition) is 5. The predicted octanol–water partition coefficient (Wildman–Crippen LogP) is 2.50. The SMILES string of the molecule is C=CCC(Nc1ncc([N+](=O)[O-])c(C)c1Br)C(=O)O. The number of anilines is 1. The molecule has 1 rings (SSSR count). The van der Waals surface area contributed by atoms with Gasteiger partial charge >= 0.3 is 5.97 Å². The molecule has 0 aromatic carbocycles. The van der Waals surface area contributed by atoms with Crippen LogP contribution in [-0.4, -0.2) is 27.0 Å². The summed E-state index contributed by atoms with van der Waals surface area (Å²) in [6, 6.07) is -0.887. The van der Waals surface area contributed by atoms with E-state index in [-0.39, 0.29) is 17.9 Å². The molecule has 1 atom stereocenters. The average molecular weight is 330 g/mol. The summed E-state index contributed by atoms with van der Waals surface area (Å²) >= 11 is 3.18. The summed E-state index contributed by atoms with van der Waals surface area (Å²) in [6.07, 6.45) is 2.77. The highest BCUT2D eigenvalue weighted by atomic mass is 79.9. The van der Waals surface area contributed by atoms with Crippen molar-refractivity contribution >= 4 is 33.4 Å². The first kappa shape index (κ1) is 15.1. The summed E-state index contributed by atoms with van der Waals surface area (Å²) in [5, 5.41) is 22.4. The van der Waals surface area contributed by atoms with E-state index in [2.05, 4.69) is 32.8 Å². The van der Waals surface area contributed by atoms with Crippen LogP contribution in [0.25, 0.3) is 0 Å². The van der Waals surface area contributed by atoms with Gasteiger partial charge in [-0.2, -0.15) is 0 Å². The first-order chi connectivity index (χ1) is 8.88. The van der Waals surface area contributed by atoms with Crippen molar-refractivity contribution in [1.29, 1.82) is 0 Å². The van der Waals surface area contributed by atoms with Gasteiger partial charge in [-0.1, -0.05) is 6.08 Å². The molecular formula is C11H12BrN3O4. The zero-order valence-electron chi connectivity index (χ0n) is 10.1. The van der Waals surface area contributed by atoms with Gasteiger partial charge in [-0.05, 0) is 29.3 Å². The number of nitrogens with one attached hydrogen (secondary N) is 1. The molecule has 0 bridgehead atoms. The van der Waals surface area contributed by atoms with Crippen molar-refractivity contribution in [2.24, 2.45) is 0 Å². The number of aliphatic carboxylic acids is 1. The molecule has 19 heavy (non-hydrogen) atoms. The zero-order chi connectivity index (χ0) is 14.6. The van der Waals surface area contributed by atoms with Crippen LogP contribution in [0.1, 0.15) is 12.0 Å². The number of carboxylic acids is 1. The van der Waals surface area contributed by atoms with E-state index in [9.17, 15) is 14.9 Å². The lowest BCUT2D eigenvalue weighted by Gasteiger charge is -2.15. The van der Waals surface area contributed by atoms with Gasteiger partial charge in [0, 0.05) is 5.56 Å². The van der Waals surface area contributed by atoms with Gasteiger partial charge in [-0.15, -0.1) is 6.58 Å². The first-order valence-corrected chi connectivity index (χ1v) is 6.07. The second kappa shape index (κ2) is 6.28. The smallest absolute Gasteiger partial charge is 0.326 e. The van der Waals surface area contributed by atoms with Crippen LogP contribution >= 0.6 is 15.9 Å². The van der Waals surface area contributed by atoms with Crippen molar-refractivity contribution in [2.75, 3.05) is 5.32 Å². The number of pyridine rings is 1. The van der Waals surface area contributed by atoms with Crippen molar-refractivity contribution in [2.45, 2.75) is 19.4 Å². The lowest BCUT2D eigenvalue weighted by atomic mass is 10.2. The van der Waals surface area contributed by atoms with Crippen molar-refractivity contribution in [3.05, 3.63) is 39.0 Å². The van der Waals surface area contributed by atoms with Crippen LogP contribution in [0.4, 0.5) is 11.5 Å². The van der Waals surface area contributed by atoms with Crippen molar-refractivity contribution < 1.29 is 14.8 Å². The maximum atomic E-state index is 11.0. The van der Waals surface area contributed by atoms with E-state index >= 15 is 0 Å². The number of hydrogen-bond donors (Lipinski definition) is 2. The second-order valence-corrected chi connectivity index (χ2v) is 4.54. The van der Waals surface area contributed by atoms with Crippen LogP contribution in [0.2, 0.25) is 0 Å². The fourth-order valence-corrected chi connectivity index (χ4v) is 1.83. The Balaban J connectivity index is 3.08. The molecule has 0 fully saturated rings. The summed E-state index contributed by atoms with van der Waals surface area (Å²) in [4.78, 5) is 25.1. The van der Waals surface area contributed by atoms with Crippen LogP contribution in [0.5, 0.6) is 0 Å². The average Bonchev–Trinajstić information content (AvgIpc) is 2.33. The Morgan fingerprint density at radius 2 is 2.42 bits per heavy atom. The molecule has 2 N–H and O–H groups in total. The molecule has 8 heteroatoms. The predicted molar refractivity (Wildman–Crippen MR) is 73.2 cm³/mol. The van der Waals surface area contributed by atoms with Gasteiger partial charge in [-0.25, -0.2) is 9.78 Å². The maximum Gasteiger partial charge on any atom is 0.326 e. The molecule has 0 radical (unpaired) electrons. The van der Waals surface area contributed by atoms with Crippen LogP contribution in [0.15, 0.2) is 23.3 Å². The van der Waals surface area contributed by atoms with Gasteiger partial charge < -0.3 is 10.4 Å². The third kappa shape index (κ3) is 3.50. The lowest BCUT2D eigenvalue weighted by Crippen LogP contribution is -2.29. The molecular weight excluding hydrogens is 318 g/mol. The third-order valence-corrected chi connectivity index (χ3v) is 3.42. The number of aromatic nitrogens is 1. The zero-order valence-corrected chi connectivity index (χ0v) is 11.7. The van der Waals surface area contributed by atoms with E-state index in [1.165, 1.54) is 6.08 Å². The van der Waals surface area contributed by atoms with Crippen LogP contribution < -0.4 is 5.32 Å². The van der Waals surface area contributed by atoms with E-state index in [4.69, 9.17) is 5.11 Å². The largest absolute Gasteiger partial charge is 0.480 e. The molecule has 1 aromatic rings. The topological polar surface area (TPSA) is 105 Å². The Hall–Kier alpha value is -1.96. The summed E-state index contributed by atoms with van der Waals surface area (Å²) in [5.74, 6) is -0.804. The number of halogens is 1. The van der Waals surface area contributed by atoms with Gasteiger partial charge in [0.15, 0.2) is 0 Å². The standard InChI is InChI=1S/C11H12BrN3O4/c1-3-4-7(11(16)17)14-10-9(12)6(2)8(5-13-10)15(18)19/h3,5,7H,1,4H2,2H3,(H,13,14)(H,16,17). The van der Waals surface area contributed by atoms with E-state index < -0.39 is 16.9 Å². The summed E-state index contributed by atoms with van der Waals surface area (Å²) in [6.45, 7) is 5.03. The van der Waals surface area contributed by atoms with Crippen molar-refractivity contribution in [1.82, 2.24) is 4.98 Å². The number of carboxylic acid groups (broad SMARTS) is 1. The molecule has 1 unspecified atom stereocenters. The van der Waals surface area contributed by atoms with Gasteiger partial charge in [0.05, 0.1) is 9.40 Å². The highest BCUT2D eigenvalue weighted by molar-refractivity contribution is 9.10. The Morgan fingerprint density at radius 1 is 1.79 bits per heavy atom. The quantitative estimate of drug-likeness (QED) is 0.472. The minimum absolute atomic E-state index is 0.131. The Labute approximate surface area is 117 Å². The maximum absolute atomic E-state index is 11.0. The number of nitrogens with zero attached hydrogens (tertiary/aromatic N) is 2. The van der Waals surface area contributed by atoms with E-state index in [0.717, 1.165) is 6.20 Å². The highest BCUT2D eigenvalue weighted by Crippen LogP contribution is 2.30. The van der Waals surface area contributed by atoms with E-state index in [0.29, 0.717) is 10.0 Å². The Morgan fingerprint density at radius 3 is 2.89 bits per heavy atom. The first-order valence-electron chi connectivity index (χ1n) is 5.28.